The monoisotopic (exact) mass is 280 g/mol. The molecule has 0 fully saturated rings. The average Bonchev–Trinajstić information content (AvgIpc) is 2.48. The van der Waals surface area contributed by atoms with Crippen LogP contribution in [0, 0.1) is 0 Å². The summed E-state index contributed by atoms with van der Waals surface area (Å²) in [5.74, 6) is -0.952. The highest BCUT2D eigenvalue weighted by molar-refractivity contribution is 5.80. The molecule has 1 N–H and O–H groups in total. The Balaban J connectivity index is 2.19. The first-order valence-electron chi connectivity index (χ1n) is 7.14. The number of aliphatic carboxylic acids is 1. The Bertz CT molecular complexity index is 610. The molecule has 1 unspecified atom stereocenters. The summed E-state index contributed by atoms with van der Waals surface area (Å²) >= 11 is 0. The molecule has 0 aliphatic carbocycles. The van der Waals surface area contributed by atoms with E-state index in [1.807, 2.05) is 48.5 Å². The fourth-order valence-corrected chi connectivity index (χ4v) is 2.20. The summed E-state index contributed by atoms with van der Waals surface area (Å²) in [6.07, 6.45) is 3.61. The molecule has 2 aromatic carbocycles. The minimum absolute atomic E-state index is 0.499. The van der Waals surface area contributed by atoms with Gasteiger partial charge in [0.05, 0.1) is 0 Å². The molecule has 2 aromatic rings. The third kappa shape index (κ3) is 4.06. The molecular weight excluding hydrogens is 260 g/mol. The minimum atomic E-state index is -0.837. The van der Waals surface area contributed by atoms with Gasteiger partial charge in [0.25, 0.3) is 0 Å². The van der Waals surface area contributed by atoms with Crippen LogP contribution < -0.4 is 0 Å². The number of hydrogen-bond acceptors (Lipinski definition) is 1. The highest BCUT2D eigenvalue weighted by atomic mass is 16.4. The summed E-state index contributed by atoms with van der Waals surface area (Å²) in [7, 11) is 0. The Labute approximate surface area is 125 Å². The summed E-state index contributed by atoms with van der Waals surface area (Å²) in [6.45, 7) is 4.31. The standard InChI is InChI=1S/C19H20O2/c1-14(2)16-11-8-15(9-12-16)10-13-18(19(20)21)17-6-4-3-5-7-17/h3-14,18H,1-2H3,(H,20,21)/b13-10+. The smallest absolute Gasteiger partial charge is 0.314 e. The molecule has 0 radical (unpaired) electrons. The Morgan fingerprint density at radius 3 is 2.10 bits per heavy atom. The van der Waals surface area contributed by atoms with Gasteiger partial charge >= 0.3 is 5.97 Å². The van der Waals surface area contributed by atoms with Gasteiger partial charge in [0.2, 0.25) is 0 Å². The number of carbonyl (C=O) groups is 1. The lowest BCUT2D eigenvalue weighted by Gasteiger charge is -2.08. The molecule has 1 atom stereocenters. The van der Waals surface area contributed by atoms with Crippen molar-refractivity contribution >= 4 is 12.0 Å². The summed E-state index contributed by atoms with van der Waals surface area (Å²) < 4.78 is 0. The molecule has 2 rings (SSSR count). The van der Waals surface area contributed by atoms with Crippen LogP contribution in [0.25, 0.3) is 6.08 Å². The molecule has 0 saturated carbocycles. The van der Waals surface area contributed by atoms with E-state index in [2.05, 4.69) is 26.0 Å². The summed E-state index contributed by atoms with van der Waals surface area (Å²) in [4.78, 5) is 11.4. The van der Waals surface area contributed by atoms with Gasteiger partial charge in [0, 0.05) is 0 Å². The molecule has 0 aliphatic heterocycles. The van der Waals surface area contributed by atoms with E-state index >= 15 is 0 Å². The number of benzene rings is 2. The lowest BCUT2D eigenvalue weighted by atomic mass is 9.97. The quantitative estimate of drug-likeness (QED) is 0.862. The van der Waals surface area contributed by atoms with Crippen LogP contribution in [0.15, 0.2) is 60.7 Å². The van der Waals surface area contributed by atoms with Gasteiger partial charge in [-0.05, 0) is 22.6 Å². The SMILES string of the molecule is CC(C)c1ccc(/C=C/C(C(=O)O)c2ccccc2)cc1. The van der Waals surface area contributed by atoms with E-state index in [0.717, 1.165) is 11.1 Å². The van der Waals surface area contributed by atoms with Gasteiger partial charge < -0.3 is 5.11 Å². The van der Waals surface area contributed by atoms with Gasteiger partial charge in [-0.3, -0.25) is 4.79 Å². The summed E-state index contributed by atoms with van der Waals surface area (Å²) in [6, 6.07) is 17.5. The van der Waals surface area contributed by atoms with Crippen molar-refractivity contribution < 1.29 is 9.90 Å². The number of rotatable bonds is 5. The average molecular weight is 280 g/mol. The predicted molar refractivity (Wildman–Crippen MR) is 86.4 cm³/mol. The van der Waals surface area contributed by atoms with Gasteiger partial charge in [-0.1, -0.05) is 80.6 Å². The molecular formula is C19H20O2. The van der Waals surface area contributed by atoms with Gasteiger partial charge in [-0.2, -0.15) is 0 Å². The van der Waals surface area contributed by atoms with Crippen molar-refractivity contribution in [2.45, 2.75) is 25.7 Å². The molecule has 0 spiro atoms. The second-order valence-electron chi connectivity index (χ2n) is 5.41. The van der Waals surface area contributed by atoms with E-state index in [4.69, 9.17) is 0 Å². The summed E-state index contributed by atoms with van der Waals surface area (Å²) in [5, 5.41) is 9.37. The van der Waals surface area contributed by atoms with Crippen molar-refractivity contribution in [2.24, 2.45) is 0 Å². The molecule has 0 heterocycles. The lowest BCUT2D eigenvalue weighted by Crippen LogP contribution is -2.08. The first kappa shape index (κ1) is 15.0. The molecule has 0 aliphatic rings. The third-order valence-corrected chi connectivity index (χ3v) is 3.51. The second-order valence-corrected chi connectivity index (χ2v) is 5.41. The van der Waals surface area contributed by atoms with Crippen molar-refractivity contribution in [3.63, 3.8) is 0 Å². The van der Waals surface area contributed by atoms with Crippen molar-refractivity contribution in [3.05, 3.63) is 77.4 Å². The lowest BCUT2D eigenvalue weighted by molar-refractivity contribution is -0.137. The highest BCUT2D eigenvalue weighted by Gasteiger charge is 2.15. The normalized spacial score (nSPS) is 12.7. The maximum Gasteiger partial charge on any atom is 0.314 e. The molecule has 2 heteroatoms. The van der Waals surface area contributed by atoms with Crippen LogP contribution in [0.1, 0.15) is 42.4 Å². The van der Waals surface area contributed by atoms with Crippen molar-refractivity contribution in [1.82, 2.24) is 0 Å². The fraction of sp³-hybridized carbons (Fsp3) is 0.211. The molecule has 2 nitrogen and oxygen atoms in total. The Kier molecular flexibility index (Phi) is 4.94. The maximum absolute atomic E-state index is 11.4. The van der Waals surface area contributed by atoms with Gasteiger partial charge in [0.1, 0.15) is 5.92 Å². The number of carboxylic acid groups (broad SMARTS) is 1. The maximum atomic E-state index is 11.4. The third-order valence-electron chi connectivity index (χ3n) is 3.51. The van der Waals surface area contributed by atoms with Gasteiger partial charge in [0.15, 0.2) is 0 Å². The van der Waals surface area contributed by atoms with Crippen molar-refractivity contribution in [3.8, 4) is 0 Å². The molecule has 108 valence electrons. The van der Waals surface area contributed by atoms with E-state index in [9.17, 15) is 9.90 Å². The van der Waals surface area contributed by atoms with E-state index in [1.54, 1.807) is 6.08 Å². The zero-order valence-electron chi connectivity index (χ0n) is 12.4. The van der Waals surface area contributed by atoms with Crippen LogP contribution in [0.2, 0.25) is 0 Å². The van der Waals surface area contributed by atoms with Crippen LogP contribution in [-0.4, -0.2) is 11.1 Å². The Morgan fingerprint density at radius 2 is 1.57 bits per heavy atom. The molecule has 0 amide bonds. The topological polar surface area (TPSA) is 37.3 Å². The number of carboxylic acids is 1. The molecule has 21 heavy (non-hydrogen) atoms. The second kappa shape index (κ2) is 6.89. The van der Waals surface area contributed by atoms with Gasteiger partial charge in [-0.25, -0.2) is 0 Å². The van der Waals surface area contributed by atoms with Gasteiger partial charge in [-0.15, -0.1) is 0 Å². The van der Waals surface area contributed by atoms with Crippen LogP contribution in [0.3, 0.4) is 0 Å². The first-order valence-corrected chi connectivity index (χ1v) is 7.14. The Hall–Kier alpha value is -2.35. The fourth-order valence-electron chi connectivity index (χ4n) is 2.20. The predicted octanol–water partition coefficient (Wildman–Crippen LogP) is 4.69. The largest absolute Gasteiger partial charge is 0.481 e. The summed E-state index contributed by atoms with van der Waals surface area (Å²) in [5.41, 5.74) is 3.09. The molecule has 0 bridgehead atoms. The molecule has 0 saturated heterocycles. The van der Waals surface area contributed by atoms with E-state index in [0.29, 0.717) is 5.92 Å². The van der Waals surface area contributed by atoms with E-state index in [1.165, 1.54) is 5.56 Å². The number of hydrogen-bond donors (Lipinski definition) is 1. The highest BCUT2D eigenvalue weighted by Crippen LogP contribution is 2.20. The molecule has 0 aromatic heterocycles. The van der Waals surface area contributed by atoms with Crippen LogP contribution in [0.5, 0.6) is 0 Å². The van der Waals surface area contributed by atoms with Crippen LogP contribution in [-0.2, 0) is 4.79 Å². The van der Waals surface area contributed by atoms with E-state index < -0.39 is 11.9 Å². The first-order chi connectivity index (χ1) is 10.1. The zero-order chi connectivity index (χ0) is 15.2. The van der Waals surface area contributed by atoms with Crippen LogP contribution in [0.4, 0.5) is 0 Å². The van der Waals surface area contributed by atoms with Crippen molar-refractivity contribution in [1.29, 1.82) is 0 Å². The van der Waals surface area contributed by atoms with Crippen LogP contribution >= 0.6 is 0 Å². The Morgan fingerprint density at radius 1 is 0.952 bits per heavy atom. The minimum Gasteiger partial charge on any atom is -0.481 e. The zero-order valence-corrected chi connectivity index (χ0v) is 12.4. The van der Waals surface area contributed by atoms with E-state index in [-0.39, 0.29) is 0 Å². The van der Waals surface area contributed by atoms with Crippen molar-refractivity contribution in [2.75, 3.05) is 0 Å².